The van der Waals surface area contributed by atoms with Gasteiger partial charge in [-0.2, -0.15) is 0 Å². The van der Waals surface area contributed by atoms with Crippen LogP contribution in [0.1, 0.15) is 44.6 Å². The summed E-state index contributed by atoms with van der Waals surface area (Å²) in [5.74, 6) is -0.303. The molecule has 0 radical (unpaired) electrons. The lowest BCUT2D eigenvalue weighted by atomic mass is 9.70. The molecular weight excluding hydrogens is 205 g/mol. The minimum Gasteiger partial charge on any atom is -0.508 e. The highest BCUT2D eigenvalue weighted by molar-refractivity contribution is 5.51. The van der Waals surface area contributed by atoms with Crippen molar-refractivity contribution in [1.82, 2.24) is 0 Å². The van der Waals surface area contributed by atoms with E-state index in [1.165, 1.54) is 18.6 Å². The average Bonchev–Trinajstić information content (AvgIpc) is 2.24. The van der Waals surface area contributed by atoms with Crippen molar-refractivity contribution in [3.63, 3.8) is 0 Å². The summed E-state index contributed by atoms with van der Waals surface area (Å²) >= 11 is 0. The molecule has 3 heteroatoms. The molecule has 0 amide bonds. The van der Waals surface area contributed by atoms with E-state index >= 15 is 0 Å². The predicted molar refractivity (Wildman–Crippen MR) is 62.9 cm³/mol. The summed E-state index contributed by atoms with van der Waals surface area (Å²) in [6.07, 6.45) is 5.52. The van der Waals surface area contributed by atoms with Gasteiger partial charge in [-0.1, -0.05) is 26.2 Å². The van der Waals surface area contributed by atoms with Gasteiger partial charge in [0.1, 0.15) is 11.6 Å². The van der Waals surface area contributed by atoms with Gasteiger partial charge in [-0.25, -0.2) is 4.39 Å². The maximum absolute atomic E-state index is 13.4. The van der Waals surface area contributed by atoms with E-state index in [-0.39, 0.29) is 16.9 Å². The molecule has 1 aliphatic carbocycles. The molecule has 1 saturated carbocycles. The molecule has 2 rings (SSSR count). The second-order valence-corrected chi connectivity index (χ2v) is 5.01. The number of phenols is 1. The van der Waals surface area contributed by atoms with Crippen molar-refractivity contribution < 1.29 is 9.50 Å². The molecule has 0 atom stereocenters. The van der Waals surface area contributed by atoms with E-state index < -0.39 is 5.82 Å². The summed E-state index contributed by atoms with van der Waals surface area (Å²) in [6, 6.07) is 2.72. The van der Waals surface area contributed by atoms with Crippen LogP contribution in [0.2, 0.25) is 0 Å². The van der Waals surface area contributed by atoms with Crippen molar-refractivity contribution in [1.29, 1.82) is 0 Å². The average molecular weight is 223 g/mol. The van der Waals surface area contributed by atoms with Crippen molar-refractivity contribution in [2.75, 3.05) is 5.73 Å². The number of aromatic hydroxyl groups is 1. The first kappa shape index (κ1) is 11.2. The Morgan fingerprint density at radius 2 is 1.88 bits per heavy atom. The summed E-state index contributed by atoms with van der Waals surface area (Å²) in [7, 11) is 0. The lowest BCUT2D eigenvalue weighted by Crippen LogP contribution is -2.25. The third kappa shape index (κ3) is 1.86. The van der Waals surface area contributed by atoms with Crippen LogP contribution >= 0.6 is 0 Å². The zero-order valence-corrected chi connectivity index (χ0v) is 9.59. The van der Waals surface area contributed by atoms with Crippen LogP contribution in [0.15, 0.2) is 12.1 Å². The van der Waals surface area contributed by atoms with Gasteiger partial charge >= 0.3 is 0 Å². The van der Waals surface area contributed by atoms with Gasteiger partial charge in [-0.05, 0) is 24.3 Å². The highest BCUT2D eigenvalue weighted by Gasteiger charge is 2.31. The van der Waals surface area contributed by atoms with Crippen molar-refractivity contribution in [2.45, 2.75) is 44.4 Å². The Hall–Kier alpha value is -1.25. The van der Waals surface area contributed by atoms with Crippen LogP contribution in [0.25, 0.3) is 0 Å². The first-order chi connectivity index (χ1) is 7.53. The minimum atomic E-state index is -0.431. The maximum atomic E-state index is 13.4. The molecule has 1 aromatic carbocycles. The van der Waals surface area contributed by atoms with E-state index in [0.29, 0.717) is 5.56 Å². The molecule has 0 heterocycles. The van der Waals surface area contributed by atoms with Gasteiger partial charge in [0.2, 0.25) is 0 Å². The van der Waals surface area contributed by atoms with Gasteiger partial charge in [-0.3, -0.25) is 0 Å². The van der Waals surface area contributed by atoms with Gasteiger partial charge in [0.15, 0.2) is 0 Å². The molecule has 2 nitrogen and oxygen atoms in total. The van der Waals surface area contributed by atoms with E-state index in [9.17, 15) is 9.50 Å². The van der Waals surface area contributed by atoms with Crippen LogP contribution in [0.5, 0.6) is 5.75 Å². The first-order valence-electron chi connectivity index (χ1n) is 5.81. The summed E-state index contributed by atoms with van der Waals surface area (Å²) in [6.45, 7) is 2.09. The standard InChI is InChI=1S/C13H18FNO/c1-13(5-3-2-4-6-13)9-7-10(14)11(15)8-12(9)16/h7-8,16H,2-6,15H2,1H3. The van der Waals surface area contributed by atoms with E-state index in [4.69, 9.17) is 5.73 Å². The van der Waals surface area contributed by atoms with E-state index in [1.54, 1.807) is 0 Å². The first-order valence-corrected chi connectivity index (χ1v) is 5.81. The zero-order valence-electron chi connectivity index (χ0n) is 9.59. The number of phenolic OH excluding ortho intramolecular Hbond substituents is 1. The van der Waals surface area contributed by atoms with Crippen molar-refractivity contribution in [3.05, 3.63) is 23.5 Å². The highest BCUT2D eigenvalue weighted by Crippen LogP contribution is 2.43. The summed E-state index contributed by atoms with van der Waals surface area (Å²) < 4.78 is 13.4. The fourth-order valence-corrected chi connectivity index (χ4v) is 2.66. The SMILES string of the molecule is CC1(c2cc(F)c(N)cc2O)CCCCC1. The van der Waals surface area contributed by atoms with Crippen molar-refractivity contribution in [3.8, 4) is 5.75 Å². The molecule has 0 saturated heterocycles. The molecule has 1 aromatic rings. The van der Waals surface area contributed by atoms with Crippen molar-refractivity contribution >= 4 is 5.69 Å². The number of nitrogens with two attached hydrogens (primary N) is 1. The van der Waals surface area contributed by atoms with Crippen LogP contribution in [0.4, 0.5) is 10.1 Å². The lowest BCUT2D eigenvalue weighted by molar-refractivity contribution is 0.307. The molecular formula is C13H18FNO. The van der Waals surface area contributed by atoms with Gasteiger partial charge < -0.3 is 10.8 Å². The number of hydrogen-bond donors (Lipinski definition) is 2. The predicted octanol–water partition coefficient (Wildman–Crippen LogP) is 3.34. The largest absolute Gasteiger partial charge is 0.508 e. The van der Waals surface area contributed by atoms with E-state index in [1.807, 2.05) is 0 Å². The third-order valence-corrected chi connectivity index (χ3v) is 3.72. The molecule has 0 unspecified atom stereocenters. The van der Waals surface area contributed by atoms with E-state index in [2.05, 4.69) is 6.92 Å². The number of halogens is 1. The maximum Gasteiger partial charge on any atom is 0.146 e. The third-order valence-electron chi connectivity index (χ3n) is 3.72. The number of rotatable bonds is 1. The Morgan fingerprint density at radius 1 is 1.25 bits per heavy atom. The Balaban J connectivity index is 2.42. The fraction of sp³-hybridized carbons (Fsp3) is 0.538. The minimum absolute atomic E-state index is 0.0145. The normalized spacial score (nSPS) is 19.6. The molecule has 0 spiro atoms. The smallest absolute Gasteiger partial charge is 0.146 e. The Kier molecular flexibility index (Phi) is 2.78. The van der Waals surface area contributed by atoms with Crippen LogP contribution in [0, 0.1) is 5.82 Å². The second kappa shape index (κ2) is 3.96. The molecule has 16 heavy (non-hydrogen) atoms. The quantitative estimate of drug-likeness (QED) is 0.717. The zero-order chi connectivity index (χ0) is 11.8. The Morgan fingerprint density at radius 3 is 2.50 bits per heavy atom. The van der Waals surface area contributed by atoms with Gasteiger partial charge in [-0.15, -0.1) is 0 Å². The number of benzene rings is 1. The van der Waals surface area contributed by atoms with Gasteiger partial charge in [0.05, 0.1) is 5.69 Å². The van der Waals surface area contributed by atoms with Gasteiger partial charge in [0, 0.05) is 11.6 Å². The summed E-state index contributed by atoms with van der Waals surface area (Å²) in [5, 5.41) is 9.89. The molecule has 1 fully saturated rings. The molecule has 3 N–H and O–H groups in total. The summed E-state index contributed by atoms with van der Waals surface area (Å²) in [5.41, 5.74) is 6.05. The molecule has 0 aliphatic heterocycles. The lowest BCUT2D eigenvalue weighted by Gasteiger charge is -2.34. The topological polar surface area (TPSA) is 46.2 Å². The number of nitrogen functional groups attached to an aromatic ring is 1. The van der Waals surface area contributed by atoms with Crippen LogP contribution in [-0.4, -0.2) is 5.11 Å². The monoisotopic (exact) mass is 223 g/mol. The van der Waals surface area contributed by atoms with Crippen molar-refractivity contribution in [2.24, 2.45) is 0 Å². The molecule has 1 aliphatic rings. The molecule has 0 bridgehead atoms. The van der Waals surface area contributed by atoms with Gasteiger partial charge in [0.25, 0.3) is 0 Å². The second-order valence-electron chi connectivity index (χ2n) is 5.01. The Bertz CT molecular complexity index is 397. The van der Waals surface area contributed by atoms with Crippen LogP contribution in [-0.2, 0) is 5.41 Å². The fourth-order valence-electron chi connectivity index (χ4n) is 2.66. The number of anilines is 1. The Labute approximate surface area is 95.3 Å². The highest BCUT2D eigenvalue weighted by atomic mass is 19.1. The van der Waals surface area contributed by atoms with E-state index in [0.717, 1.165) is 25.7 Å². The molecule has 0 aromatic heterocycles. The number of hydrogen-bond acceptors (Lipinski definition) is 2. The van der Waals surface area contributed by atoms with Crippen LogP contribution in [0.3, 0.4) is 0 Å². The van der Waals surface area contributed by atoms with Crippen LogP contribution < -0.4 is 5.73 Å². The summed E-state index contributed by atoms with van der Waals surface area (Å²) in [4.78, 5) is 0. The molecule has 88 valence electrons.